The number of nitro benzene ring substituents is 1. The van der Waals surface area contributed by atoms with Crippen LogP contribution in [-0.2, 0) is 21.9 Å². The third-order valence-corrected chi connectivity index (χ3v) is 6.39. The van der Waals surface area contributed by atoms with Crippen LogP contribution in [0.2, 0.25) is 10.0 Å². The molecule has 1 unspecified atom stereocenters. The van der Waals surface area contributed by atoms with E-state index in [0.29, 0.717) is 21.4 Å². The van der Waals surface area contributed by atoms with Crippen LogP contribution in [0.15, 0.2) is 42.5 Å². The van der Waals surface area contributed by atoms with Gasteiger partial charge in [-0.3, -0.25) is 19.7 Å². The summed E-state index contributed by atoms with van der Waals surface area (Å²) < 4.78 is 0. The molecule has 1 atom stereocenters. The third-order valence-electron chi connectivity index (χ3n) is 4.70. The van der Waals surface area contributed by atoms with Gasteiger partial charge >= 0.3 is 0 Å². The highest BCUT2D eigenvalue weighted by atomic mass is 35.5. The van der Waals surface area contributed by atoms with Crippen LogP contribution in [0.25, 0.3) is 0 Å². The Kier molecular flexibility index (Phi) is 9.57. The summed E-state index contributed by atoms with van der Waals surface area (Å²) in [7, 11) is 0. The molecule has 0 aliphatic heterocycles. The first-order valence-electron chi connectivity index (χ1n) is 10.2. The van der Waals surface area contributed by atoms with Gasteiger partial charge in [0.15, 0.2) is 0 Å². The summed E-state index contributed by atoms with van der Waals surface area (Å²) >= 11 is 14.0. The number of carbonyl (C=O) groups excluding carboxylic acids is 2. The lowest BCUT2D eigenvalue weighted by Crippen LogP contribution is -2.52. The van der Waals surface area contributed by atoms with Crippen molar-refractivity contribution < 1.29 is 14.5 Å². The Balaban J connectivity index is 2.14. The maximum atomic E-state index is 13.2. The lowest BCUT2D eigenvalue weighted by molar-refractivity contribution is -0.384. The van der Waals surface area contributed by atoms with Crippen molar-refractivity contribution >= 4 is 52.5 Å². The van der Waals surface area contributed by atoms with E-state index in [1.807, 2.05) is 20.8 Å². The molecule has 10 heteroatoms. The molecule has 0 heterocycles. The second-order valence-corrected chi connectivity index (χ2v) is 10.4. The van der Waals surface area contributed by atoms with E-state index in [2.05, 4.69) is 5.32 Å². The number of thioether (sulfide) groups is 1. The van der Waals surface area contributed by atoms with Crippen LogP contribution in [0.3, 0.4) is 0 Å². The average Bonchev–Trinajstić information content (AvgIpc) is 2.72. The summed E-state index contributed by atoms with van der Waals surface area (Å²) in [6.45, 7) is 7.37. The fourth-order valence-corrected chi connectivity index (χ4v) is 4.35. The number of nitro groups is 1. The molecule has 2 aromatic rings. The molecular weight excluding hydrogens is 485 g/mol. The second-order valence-electron chi connectivity index (χ2n) is 8.55. The Bertz CT molecular complexity index is 990. The van der Waals surface area contributed by atoms with Gasteiger partial charge in [0.2, 0.25) is 11.8 Å². The number of amides is 2. The highest BCUT2D eigenvalue weighted by Crippen LogP contribution is 2.27. The molecule has 0 aliphatic rings. The number of halogens is 2. The van der Waals surface area contributed by atoms with Gasteiger partial charge in [0.05, 0.1) is 10.7 Å². The van der Waals surface area contributed by atoms with E-state index in [9.17, 15) is 19.7 Å². The van der Waals surface area contributed by atoms with Crippen molar-refractivity contribution in [3.05, 3.63) is 73.8 Å². The Morgan fingerprint density at radius 1 is 1.12 bits per heavy atom. The van der Waals surface area contributed by atoms with Gasteiger partial charge in [-0.1, -0.05) is 41.4 Å². The number of benzene rings is 2. The molecule has 2 aromatic carbocycles. The molecule has 0 aliphatic carbocycles. The highest BCUT2D eigenvalue weighted by Gasteiger charge is 2.29. The van der Waals surface area contributed by atoms with Gasteiger partial charge in [0, 0.05) is 45.6 Å². The monoisotopic (exact) mass is 511 g/mol. The maximum Gasteiger partial charge on any atom is 0.269 e. The maximum absolute atomic E-state index is 13.2. The minimum absolute atomic E-state index is 0.0151. The number of non-ortho nitro benzene ring substituents is 1. The molecule has 0 saturated carbocycles. The lowest BCUT2D eigenvalue weighted by atomic mass is 10.1. The molecular formula is C23H27Cl2N3O4S. The number of hydrogen-bond acceptors (Lipinski definition) is 5. The molecule has 0 aromatic heterocycles. The number of rotatable bonds is 9. The topological polar surface area (TPSA) is 92.6 Å². The summed E-state index contributed by atoms with van der Waals surface area (Å²) in [6, 6.07) is 10.5. The predicted octanol–water partition coefficient (Wildman–Crippen LogP) is 5.47. The fourth-order valence-electron chi connectivity index (χ4n) is 2.96. The summed E-state index contributed by atoms with van der Waals surface area (Å²) in [6.07, 6.45) is 0. The largest absolute Gasteiger partial charge is 0.350 e. The van der Waals surface area contributed by atoms with E-state index in [4.69, 9.17) is 23.2 Å². The zero-order chi connectivity index (χ0) is 24.8. The Labute approximate surface area is 208 Å². The van der Waals surface area contributed by atoms with Crippen molar-refractivity contribution in [3.63, 3.8) is 0 Å². The van der Waals surface area contributed by atoms with Crippen molar-refractivity contribution in [1.29, 1.82) is 0 Å². The first-order chi connectivity index (χ1) is 15.4. The lowest BCUT2D eigenvalue weighted by Gasteiger charge is -2.32. The Morgan fingerprint density at radius 2 is 1.70 bits per heavy atom. The number of nitrogens with one attached hydrogen (secondary N) is 1. The van der Waals surface area contributed by atoms with Crippen LogP contribution in [0.5, 0.6) is 0 Å². The fraction of sp³-hybridized carbons (Fsp3) is 0.391. The van der Waals surface area contributed by atoms with Gasteiger partial charge < -0.3 is 10.2 Å². The first-order valence-corrected chi connectivity index (χ1v) is 12.2. The van der Waals surface area contributed by atoms with Crippen LogP contribution >= 0.6 is 35.0 Å². The Hall–Kier alpha value is -2.29. The smallest absolute Gasteiger partial charge is 0.269 e. The van der Waals surface area contributed by atoms with Crippen LogP contribution in [0.4, 0.5) is 5.69 Å². The van der Waals surface area contributed by atoms with Gasteiger partial charge in [-0.15, -0.1) is 11.8 Å². The molecule has 0 fully saturated rings. The first kappa shape index (κ1) is 27.0. The minimum atomic E-state index is -0.746. The zero-order valence-corrected chi connectivity index (χ0v) is 21.3. The van der Waals surface area contributed by atoms with E-state index in [0.717, 1.165) is 5.56 Å². The molecule has 2 amide bonds. The summed E-state index contributed by atoms with van der Waals surface area (Å²) in [4.78, 5) is 37.8. The van der Waals surface area contributed by atoms with Crippen LogP contribution in [0.1, 0.15) is 38.8 Å². The second kappa shape index (κ2) is 11.7. The molecule has 33 heavy (non-hydrogen) atoms. The quantitative estimate of drug-likeness (QED) is 0.356. The average molecular weight is 512 g/mol. The molecule has 178 valence electrons. The zero-order valence-electron chi connectivity index (χ0n) is 18.9. The number of carbonyl (C=O) groups is 2. The van der Waals surface area contributed by atoms with E-state index < -0.39 is 16.5 Å². The van der Waals surface area contributed by atoms with E-state index >= 15 is 0 Å². The normalized spacial score (nSPS) is 12.2. The van der Waals surface area contributed by atoms with Crippen LogP contribution in [-0.4, -0.2) is 39.0 Å². The van der Waals surface area contributed by atoms with Crippen molar-refractivity contribution in [2.45, 2.75) is 51.6 Å². The molecule has 0 radical (unpaired) electrons. The van der Waals surface area contributed by atoms with E-state index in [1.54, 1.807) is 37.3 Å². The molecule has 1 N–H and O–H groups in total. The standard InChI is InChI=1S/C23H27Cl2N3O4S/c1-15(22(30)26-23(2,3)4)27(12-18-19(24)6-5-7-20(18)25)21(29)14-33-13-16-8-10-17(11-9-16)28(31)32/h5-11,15H,12-14H2,1-4H3,(H,26,30). The third kappa shape index (κ3) is 8.21. The highest BCUT2D eigenvalue weighted by molar-refractivity contribution is 7.99. The molecule has 0 bridgehead atoms. The summed E-state index contributed by atoms with van der Waals surface area (Å²) in [5.74, 6) is 0.0907. The molecule has 7 nitrogen and oxygen atoms in total. The van der Waals surface area contributed by atoms with Crippen molar-refractivity contribution in [1.82, 2.24) is 10.2 Å². The summed E-state index contributed by atoms with van der Waals surface area (Å²) in [5, 5.41) is 14.5. The van der Waals surface area contributed by atoms with E-state index in [1.165, 1.54) is 28.8 Å². The van der Waals surface area contributed by atoms with Crippen LogP contribution in [0, 0.1) is 10.1 Å². The van der Waals surface area contributed by atoms with Gasteiger partial charge in [-0.25, -0.2) is 0 Å². The molecule has 0 saturated heterocycles. The van der Waals surface area contributed by atoms with Crippen molar-refractivity contribution in [2.75, 3.05) is 5.75 Å². The Morgan fingerprint density at radius 3 is 2.21 bits per heavy atom. The van der Waals surface area contributed by atoms with Gasteiger partial charge in [-0.05, 0) is 45.4 Å². The van der Waals surface area contributed by atoms with Crippen LogP contribution < -0.4 is 5.32 Å². The molecule has 0 spiro atoms. The number of nitrogens with zero attached hydrogens (tertiary/aromatic N) is 2. The predicted molar refractivity (Wildman–Crippen MR) is 134 cm³/mol. The minimum Gasteiger partial charge on any atom is -0.350 e. The van der Waals surface area contributed by atoms with Gasteiger partial charge in [-0.2, -0.15) is 0 Å². The van der Waals surface area contributed by atoms with E-state index in [-0.39, 0.29) is 29.8 Å². The van der Waals surface area contributed by atoms with Crippen molar-refractivity contribution in [2.24, 2.45) is 0 Å². The molecule has 2 rings (SSSR count). The SMILES string of the molecule is CC(C(=O)NC(C)(C)C)N(Cc1c(Cl)cccc1Cl)C(=O)CSCc1ccc([N+](=O)[O-])cc1. The number of hydrogen-bond donors (Lipinski definition) is 1. The summed E-state index contributed by atoms with van der Waals surface area (Å²) in [5.41, 5.74) is 0.996. The van der Waals surface area contributed by atoms with Gasteiger partial charge in [0.1, 0.15) is 6.04 Å². The van der Waals surface area contributed by atoms with Crippen molar-refractivity contribution in [3.8, 4) is 0 Å². The van der Waals surface area contributed by atoms with Gasteiger partial charge in [0.25, 0.3) is 5.69 Å².